The molecule has 0 spiro atoms. The first-order valence-corrected chi connectivity index (χ1v) is 15.8. The van der Waals surface area contributed by atoms with E-state index in [1.165, 1.54) is 0 Å². The summed E-state index contributed by atoms with van der Waals surface area (Å²) in [6.45, 7) is 24.6. The first-order valence-electron chi connectivity index (χ1n) is 14.6. The third kappa shape index (κ3) is 6.37. The molecule has 0 aliphatic carbocycles. The fraction of sp³-hybridized carbons (Fsp3) is 0.862. The molecule has 38 heavy (non-hydrogen) atoms. The summed E-state index contributed by atoms with van der Waals surface area (Å²) in [5.74, 6) is 1.29. The summed E-state index contributed by atoms with van der Waals surface area (Å²) in [4.78, 5) is 17.1. The van der Waals surface area contributed by atoms with Crippen LogP contribution in [-0.4, -0.2) is 56.8 Å². The van der Waals surface area contributed by atoms with Gasteiger partial charge < -0.3 is 18.5 Å². The molecule has 2 aliphatic rings. The van der Waals surface area contributed by atoms with E-state index in [9.17, 15) is 4.79 Å². The van der Waals surface area contributed by atoms with E-state index in [1.807, 2.05) is 13.0 Å². The molecular formula is C29H52N3O5P. The molecule has 9 unspecified atom stereocenters. The number of hydrogen-bond acceptors (Lipinski definition) is 7. The molecule has 9 heteroatoms. The van der Waals surface area contributed by atoms with Gasteiger partial charge in [-0.05, 0) is 70.8 Å². The number of aromatic nitrogens is 2. The summed E-state index contributed by atoms with van der Waals surface area (Å²) in [6.07, 6.45) is 2.87. The van der Waals surface area contributed by atoms with Crippen LogP contribution in [0.4, 0.5) is 0 Å². The Labute approximate surface area is 231 Å². The van der Waals surface area contributed by atoms with Crippen molar-refractivity contribution in [2.24, 2.45) is 17.8 Å². The normalized spacial score (nSPS) is 30.4. The van der Waals surface area contributed by atoms with E-state index in [1.54, 1.807) is 10.8 Å². The van der Waals surface area contributed by atoms with E-state index in [4.69, 9.17) is 18.5 Å². The quantitative estimate of drug-likeness (QED) is 0.244. The fourth-order valence-electron chi connectivity index (χ4n) is 5.35. The fourth-order valence-corrected chi connectivity index (χ4v) is 7.53. The molecule has 0 N–H and O–H groups in total. The largest absolute Gasteiger partial charge is 0.365 e. The van der Waals surface area contributed by atoms with Crippen molar-refractivity contribution in [1.82, 2.24) is 14.2 Å². The van der Waals surface area contributed by atoms with Crippen LogP contribution in [-0.2, 0) is 18.5 Å². The number of aryl methyl sites for hydroxylation is 1. The summed E-state index contributed by atoms with van der Waals surface area (Å²) in [5, 5.41) is 0. The lowest BCUT2D eigenvalue weighted by Crippen LogP contribution is -2.49. The maximum Gasteiger partial charge on any atom is 0.349 e. The molecule has 2 fully saturated rings. The van der Waals surface area contributed by atoms with E-state index in [0.29, 0.717) is 36.1 Å². The van der Waals surface area contributed by atoms with Gasteiger partial charge in [-0.2, -0.15) is 4.98 Å². The Kier molecular flexibility index (Phi) is 11.0. The average molecular weight is 554 g/mol. The molecule has 1 aromatic heterocycles. The molecule has 8 nitrogen and oxygen atoms in total. The van der Waals surface area contributed by atoms with Crippen molar-refractivity contribution in [3.63, 3.8) is 0 Å². The summed E-state index contributed by atoms with van der Waals surface area (Å²) in [5.41, 5.74) is -0.339. The second kappa shape index (κ2) is 13.2. The maximum absolute atomic E-state index is 12.9. The Hall–Kier alpha value is -0.890. The van der Waals surface area contributed by atoms with Crippen LogP contribution >= 0.6 is 8.53 Å². The molecule has 3 heterocycles. The van der Waals surface area contributed by atoms with Gasteiger partial charge in [0.15, 0.2) is 6.23 Å². The van der Waals surface area contributed by atoms with Gasteiger partial charge in [0.2, 0.25) is 0 Å². The molecule has 3 rings (SSSR count). The van der Waals surface area contributed by atoms with Gasteiger partial charge in [0.05, 0.1) is 12.7 Å². The Morgan fingerprint density at radius 3 is 2.39 bits per heavy atom. The van der Waals surface area contributed by atoms with Gasteiger partial charge in [0, 0.05) is 24.0 Å². The van der Waals surface area contributed by atoms with E-state index < -0.39 is 26.5 Å². The highest BCUT2D eigenvalue weighted by Crippen LogP contribution is 2.59. The summed E-state index contributed by atoms with van der Waals surface area (Å²) >= 11 is 0. The van der Waals surface area contributed by atoms with Gasteiger partial charge in [-0.1, -0.05) is 48.5 Å². The van der Waals surface area contributed by atoms with Crippen LogP contribution in [0.5, 0.6) is 0 Å². The smallest absolute Gasteiger partial charge is 0.349 e. The molecule has 0 amide bonds. The van der Waals surface area contributed by atoms with Crippen molar-refractivity contribution in [2.45, 2.75) is 138 Å². The lowest BCUT2D eigenvalue weighted by molar-refractivity contribution is -0.213. The van der Waals surface area contributed by atoms with Crippen molar-refractivity contribution in [3.05, 3.63) is 28.4 Å². The van der Waals surface area contributed by atoms with Crippen LogP contribution in [0.3, 0.4) is 0 Å². The predicted octanol–water partition coefficient (Wildman–Crippen LogP) is 6.47. The van der Waals surface area contributed by atoms with E-state index in [0.717, 1.165) is 19.3 Å². The van der Waals surface area contributed by atoms with Crippen LogP contribution in [0.25, 0.3) is 0 Å². The Morgan fingerprint density at radius 1 is 1.16 bits per heavy atom. The topological polar surface area (TPSA) is 75.0 Å². The highest BCUT2D eigenvalue weighted by atomic mass is 31.2. The first kappa shape index (κ1) is 31.6. The minimum Gasteiger partial charge on any atom is -0.365 e. The zero-order valence-electron chi connectivity index (χ0n) is 25.5. The van der Waals surface area contributed by atoms with Crippen molar-refractivity contribution in [1.29, 1.82) is 0 Å². The standard InChI is InChI=1S/C29H52N3O5P/c1-12-16-34-38(32(22(9)13-2)23(10)19(5)6)37-26-25-27(31-15-14-21(8)30-28(31)33)36-29(26,24(11)35-25)17-20(7)18(3)4/h14-15,18-20,22-27H,12-13,16-17H2,1-11H3. The number of hydrogen-bond donors (Lipinski definition) is 0. The average Bonchev–Trinajstić information content (AvgIpc) is 3.28. The lowest BCUT2D eigenvalue weighted by atomic mass is 9.80. The van der Waals surface area contributed by atoms with Crippen molar-refractivity contribution >= 4 is 8.53 Å². The predicted molar refractivity (Wildman–Crippen MR) is 153 cm³/mol. The van der Waals surface area contributed by atoms with E-state index >= 15 is 0 Å². The highest BCUT2D eigenvalue weighted by molar-refractivity contribution is 7.44. The molecule has 2 aliphatic heterocycles. The van der Waals surface area contributed by atoms with Crippen LogP contribution in [0, 0.1) is 24.7 Å². The Morgan fingerprint density at radius 2 is 1.84 bits per heavy atom. The molecule has 1 aromatic rings. The number of rotatable bonds is 14. The monoisotopic (exact) mass is 553 g/mol. The third-order valence-corrected chi connectivity index (χ3v) is 10.6. The zero-order valence-corrected chi connectivity index (χ0v) is 26.4. The third-order valence-electron chi connectivity index (χ3n) is 8.70. The van der Waals surface area contributed by atoms with Crippen molar-refractivity contribution in [3.8, 4) is 0 Å². The molecule has 9 atom stereocenters. The molecule has 2 saturated heterocycles. The highest BCUT2D eigenvalue weighted by Gasteiger charge is 2.67. The van der Waals surface area contributed by atoms with Gasteiger partial charge in [-0.25, -0.2) is 9.46 Å². The van der Waals surface area contributed by atoms with Gasteiger partial charge in [0.1, 0.15) is 17.8 Å². The van der Waals surface area contributed by atoms with Crippen molar-refractivity contribution < 1.29 is 18.5 Å². The maximum atomic E-state index is 12.9. The number of fused-ring (bicyclic) bond motifs is 2. The molecule has 0 saturated carbocycles. The van der Waals surface area contributed by atoms with Crippen LogP contribution in [0.2, 0.25) is 0 Å². The summed E-state index contributed by atoms with van der Waals surface area (Å²) in [7, 11) is -1.39. The molecule has 2 bridgehead atoms. The van der Waals surface area contributed by atoms with Crippen molar-refractivity contribution in [2.75, 3.05) is 6.61 Å². The molecular weight excluding hydrogens is 501 g/mol. The minimum absolute atomic E-state index is 0.174. The number of ether oxygens (including phenoxy) is 2. The SMILES string of the molecule is CCCOP(OC1C2OC(C)C1(CC(C)C(C)C)OC2n1ccc(C)nc1=O)N(C(C)CC)C(C)C(C)C. The van der Waals surface area contributed by atoms with Crippen LogP contribution in [0.1, 0.15) is 100 Å². The van der Waals surface area contributed by atoms with Gasteiger partial charge in [-0.15, -0.1) is 0 Å². The minimum atomic E-state index is -1.39. The number of nitrogens with zero attached hydrogens (tertiary/aromatic N) is 3. The summed E-state index contributed by atoms with van der Waals surface area (Å²) in [6, 6.07) is 2.40. The second-order valence-corrected chi connectivity index (χ2v) is 13.5. The second-order valence-electron chi connectivity index (χ2n) is 12.1. The van der Waals surface area contributed by atoms with Gasteiger partial charge in [0.25, 0.3) is 8.53 Å². The molecule has 0 radical (unpaired) electrons. The molecule has 0 aromatic carbocycles. The first-order chi connectivity index (χ1) is 17.9. The summed E-state index contributed by atoms with van der Waals surface area (Å²) < 4.78 is 31.1. The molecule has 218 valence electrons. The zero-order chi connectivity index (χ0) is 28.4. The van der Waals surface area contributed by atoms with Gasteiger partial charge in [-0.3, -0.25) is 4.57 Å². The lowest BCUT2D eigenvalue weighted by Gasteiger charge is -2.43. The van der Waals surface area contributed by atoms with Crippen LogP contribution in [0.15, 0.2) is 17.1 Å². The Balaban J connectivity index is 2.06. The van der Waals surface area contributed by atoms with E-state index in [2.05, 4.69) is 78.9 Å². The van der Waals surface area contributed by atoms with E-state index in [-0.39, 0.29) is 23.9 Å². The van der Waals surface area contributed by atoms with Gasteiger partial charge >= 0.3 is 5.69 Å². The van der Waals surface area contributed by atoms with Crippen LogP contribution < -0.4 is 5.69 Å². The Bertz CT molecular complexity index is 958.